The Morgan fingerprint density at radius 2 is 2.20 bits per heavy atom. The summed E-state index contributed by atoms with van der Waals surface area (Å²) in [6.45, 7) is 7.92. The molecule has 0 bridgehead atoms. The lowest BCUT2D eigenvalue weighted by Crippen LogP contribution is -2.45. The van der Waals surface area contributed by atoms with E-state index in [0.29, 0.717) is 12.1 Å². The van der Waals surface area contributed by atoms with E-state index in [-0.39, 0.29) is 12.1 Å². The van der Waals surface area contributed by atoms with E-state index in [1.165, 1.54) is 6.42 Å². The lowest BCUT2D eigenvalue weighted by atomic mass is 10.00. The molecule has 3 N–H and O–H groups in total. The van der Waals surface area contributed by atoms with Gasteiger partial charge in [-0.3, -0.25) is 4.90 Å². The third kappa shape index (κ3) is 2.92. The highest BCUT2D eigenvalue weighted by atomic mass is 16.3. The monoisotopic (exact) mass is 214 g/mol. The van der Waals surface area contributed by atoms with E-state index in [9.17, 15) is 5.11 Å². The Balaban J connectivity index is 2.57. The molecule has 0 spiro atoms. The summed E-state index contributed by atoms with van der Waals surface area (Å²) in [5.74, 6) is 0. The quantitative estimate of drug-likeness (QED) is 0.726. The van der Waals surface area contributed by atoms with Crippen LogP contribution in [0.2, 0.25) is 0 Å². The molecule has 3 nitrogen and oxygen atoms in total. The van der Waals surface area contributed by atoms with Crippen LogP contribution in [0, 0.1) is 0 Å². The zero-order chi connectivity index (χ0) is 11.5. The molecular formula is C12H26N2O. The van der Waals surface area contributed by atoms with Gasteiger partial charge >= 0.3 is 0 Å². The first-order valence-electron chi connectivity index (χ1n) is 6.21. The third-order valence-electron chi connectivity index (χ3n) is 3.92. The summed E-state index contributed by atoms with van der Waals surface area (Å²) in [5.41, 5.74) is 5.79. The van der Waals surface area contributed by atoms with Gasteiger partial charge in [-0.25, -0.2) is 0 Å². The molecule has 1 fully saturated rings. The highest BCUT2D eigenvalue weighted by molar-refractivity contribution is 4.97. The highest BCUT2D eigenvalue weighted by Crippen LogP contribution is 2.32. The van der Waals surface area contributed by atoms with E-state index in [1.54, 1.807) is 0 Å². The molecule has 1 saturated carbocycles. The Kier molecular flexibility index (Phi) is 4.56. The van der Waals surface area contributed by atoms with Crippen molar-refractivity contribution in [2.75, 3.05) is 13.2 Å². The summed E-state index contributed by atoms with van der Waals surface area (Å²) in [6.07, 6.45) is 4.22. The van der Waals surface area contributed by atoms with E-state index in [2.05, 4.69) is 25.7 Å². The minimum absolute atomic E-state index is 0.127. The van der Waals surface area contributed by atoms with Crippen molar-refractivity contribution in [3.63, 3.8) is 0 Å². The molecule has 3 atom stereocenters. The summed E-state index contributed by atoms with van der Waals surface area (Å²) in [5, 5.41) is 9.25. The second-order valence-corrected chi connectivity index (χ2v) is 5.00. The van der Waals surface area contributed by atoms with E-state index >= 15 is 0 Å². The van der Waals surface area contributed by atoms with Crippen LogP contribution in [0.5, 0.6) is 0 Å². The standard InChI is InChI=1S/C12H26N2O/c1-4-10(3)14(5-2)11-6-7-12(13,8-11)9-15/h10-11,15H,4-9,13H2,1-3H3. The van der Waals surface area contributed by atoms with Gasteiger partial charge in [0.15, 0.2) is 0 Å². The minimum atomic E-state index is -0.314. The number of hydrogen-bond donors (Lipinski definition) is 2. The first-order chi connectivity index (χ1) is 7.06. The molecule has 0 aromatic heterocycles. The molecule has 1 rings (SSSR count). The van der Waals surface area contributed by atoms with Crippen LogP contribution in [0.25, 0.3) is 0 Å². The predicted octanol–water partition coefficient (Wildman–Crippen LogP) is 1.35. The van der Waals surface area contributed by atoms with E-state index in [1.807, 2.05) is 0 Å². The first-order valence-corrected chi connectivity index (χ1v) is 6.21. The maximum Gasteiger partial charge on any atom is 0.0611 e. The number of hydrogen-bond acceptors (Lipinski definition) is 3. The molecule has 0 heterocycles. The van der Waals surface area contributed by atoms with Crippen LogP contribution in [-0.2, 0) is 0 Å². The van der Waals surface area contributed by atoms with Crippen molar-refractivity contribution in [1.29, 1.82) is 0 Å². The third-order valence-corrected chi connectivity index (χ3v) is 3.92. The van der Waals surface area contributed by atoms with Crippen molar-refractivity contribution in [2.45, 2.75) is 64.1 Å². The van der Waals surface area contributed by atoms with Crippen LogP contribution in [0.3, 0.4) is 0 Å². The Bertz CT molecular complexity index is 198. The summed E-state index contributed by atoms with van der Waals surface area (Å²) in [7, 11) is 0. The number of nitrogens with two attached hydrogens (primary N) is 1. The Labute approximate surface area is 93.6 Å². The molecule has 90 valence electrons. The first kappa shape index (κ1) is 12.9. The molecule has 1 aliphatic carbocycles. The summed E-state index contributed by atoms with van der Waals surface area (Å²) >= 11 is 0. The van der Waals surface area contributed by atoms with Gasteiger partial charge in [0.25, 0.3) is 0 Å². The molecule has 1 aliphatic rings. The SMILES string of the molecule is CCC(C)N(CC)C1CCC(N)(CO)C1. The lowest BCUT2D eigenvalue weighted by Gasteiger charge is -2.34. The smallest absolute Gasteiger partial charge is 0.0611 e. The van der Waals surface area contributed by atoms with Crippen molar-refractivity contribution in [2.24, 2.45) is 5.73 Å². The zero-order valence-corrected chi connectivity index (χ0v) is 10.4. The highest BCUT2D eigenvalue weighted by Gasteiger charge is 2.38. The molecular weight excluding hydrogens is 188 g/mol. The van der Waals surface area contributed by atoms with Gasteiger partial charge < -0.3 is 10.8 Å². The normalized spacial score (nSPS) is 33.6. The van der Waals surface area contributed by atoms with Crippen molar-refractivity contribution in [3.05, 3.63) is 0 Å². The minimum Gasteiger partial charge on any atom is -0.394 e. The number of aliphatic hydroxyl groups excluding tert-OH is 1. The molecule has 15 heavy (non-hydrogen) atoms. The van der Waals surface area contributed by atoms with Crippen LogP contribution in [0.1, 0.15) is 46.5 Å². The fraction of sp³-hybridized carbons (Fsp3) is 1.00. The van der Waals surface area contributed by atoms with Crippen LogP contribution in [-0.4, -0.2) is 40.8 Å². The molecule has 0 aromatic carbocycles. The Morgan fingerprint density at radius 1 is 1.53 bits per heavy atom. The summed E-state index contributed by atoms with van der Waals surface area (Å²) < 4.78 is 0. The van der Waals surface area contributed by atoms with E-state index in [4.69, 9.17) is 5.73 Å². The molecule has 3 unspecified atom stereocenters. The maximum atomic E-state index is 9.25. The largest absolute Gasteiger partial charge is 0.394 e. The number of nitrogens with zero attached hydrogens (tertiary/aromatic N) is 1. The van der Waals surface area contributed by atoms with Gasteiger partial charge in [-0.15, -0.1) is 0 Å². The molecule has 0 amide bonds. The van der Waals surface area contributed by atoms with Gasteiger partial charge in [0.1, 0.15) is 0 Å². The fourth-order valence-electron chi connectivity index (χ4n) is 2.72. The lowest BCUT2D eigenvalue weighted by molar-refractivity contribution is 0.134. The maximum absolute atomic E-state index is 9.25. The van der Waals surface area contributed by atoms with Crippen molar-refractivity contribution >= 4 is 0 Å². The van der Waals surface area contributed by atoms with Gasteiger partial charge in [-0.2, -0.15) is 0 Å². The van der Waals surface area contributed by atoms with Gasteiger partial charge in [0, 0.05) is 17.6 Å². The summed E-state index contributed by atoms with van der Waals surface area (Å²) in [6, 6.07) is 1.20. The molecule has 3 heteroatoms. The molecule has 0 aromatic rings. The average Bonchev–Trinajstić information content (AvgIpc) is 2.63. The topological polar surface area (TPSA) is 49.5 Å². The van der Waals surface area contributed by atoms with Crippen molar-refractivity contribution in [1.82, 2.24) is 4.90 Å². The van der Waals surface area contributed by atoms with Gasteiger partial charge in [0.05, 0.1) is 6.61 Å². The second-order valence-electron chi connectivity index (χ2n) is 5.00. The van der Waals surface area contributed by atoms with Gasteiger partial charge in [0.2, 0.25) is 0 Å². The van der Waals surface area contributed by atoms with Gasteiger partial charge in [-0.1, -0.05) is 13.8 Å². The van der Waals surface area contributed by atoms with E-state index in [0.717, 1.165) is 25.8 Å². The van der Waals surface area contributed by atoms with Crippen LogP contribution in [0.4, 0.5) is 0 Å². The predicted molar refractivity (Wildman–Crippen MR) is 63.8 cm³/mol. The molecule has 0 aliphatic heterocycles. The molecule has 0 radical (unpaired) electrons. The van der Waals surface area contributed by atoms with Crippen LogP contribution >= 0.6 is 0 Å². The average molecular weight is 214 g/mol. The Hall–Kier alpha value is -0.120. The Morgan fingerprint density at radius 3 is 2.60 bits per heavy atom. The zero-order valence-electron chi connectivity index (χ0n) is 10.4. The summed E-state index contributed by atoms with van der Waals surface area (Å²) in [4.78, 5) is 2.53. The fourth-order valence-corrected chi connectivity index (χ4v) is 2.72. The molecule has 0 saturated heterocycles. The van der Waals surface area contributed by atoms with Crippen molar-refractivity contribution in [3.8, 4) is 0 Å². The van der Waals surface area contributed by atoms with Crippen LogP contribution < -0.4 is 5.73 Å². The van der Waals surface area contributed by atoms with Crippen molar-refractivity contribution < 1.29 is 5.11 Å². The number of aliphatic hydroxyl groups is 1. The van der Waals surface area contributed by atoms with Gasteiger partial charge in [-0.05, 0) is 39.2 Å². The van der Waals surface area contributed by atoms with Crippen LogP contribution in [0.15, 0.2) is 0 Å². The second kappa shape index (κ2) is 5.28. The number of rotatable bonds is 5. The van der Waals surface area contributed by atoms with E-state index < -0.39 is 0 Å².